The lowest BCUT2D eigenvalue weighted by Crippen LogP contribution is -2.24. The van der Waals surface area contributed by atoms with Gasteiger partial charge in [0.15, 0.2) is 16.6 Å². The van der Waals surface area contributed by atoms with E-state index < -0.39 is 5.97 Å². The molecule has 0 aliphatic rings. The molecule has 0 aliphatic heterocycles. The third-order valence-electron chi connectivity index (χ3n) is 4.06. The van der Waals surface area contributed by atoms with Crippen LogP contribution in [0.2, 0.25) is 0 Å². The maximum absolute atomic E-state index is 10.6. The summed E-state index contributed by atoms with van der Waals surface area (Å²) in [6, 6.07) is 13.9. The van der Waals surface area contributed by atoms with Gasteiger partial charge in [0.05, 0.1) is 12.8 Å². The highest BCUT2D eigenvalue weighted by Crippen LogP contribution is 2.29. The standard InChI is InChI=1S/C21H22N2O4S/c1-14-3-5-15(6-4-14)12-27-18-8-7-16(9-19(18)26-2)11-22-21-23-17(13-28-21)10-20(24)25/h3-9,13H,10-12H2,1-2H3,(H,22,23)(H,24,25)/p-1. The molecule has 0 fully saturated rings. The van der Waals surface area contributed by atoms with E-state index in [1.807, 2.05) is 30.3 Å². The molecule has 1 heterocycles. The summed E-state index contributed by atoms with van der Waals surface area (Å²) in [6.07, 6.45) is -0.182. The summed E-state index contributed by atoms with van der Waals surface area (Å²) in [4.78, 5) is 14.9. The van der Waals surface area contributed by atoms with Gasteiger partial charge in [-0.2, -0.15) is 0 Å². The Kier molecular flexibility index (Phi) is 6.49. The Balaban J connectivity index is 1.59. The molecule has 28 heavy (non-hydrogen) atoms. The van der Waals surface area contributed by atoms with Crippen LogP contribution < -0.4 is 19.9 Å². The van der Waals surface area contributed by atoms with Crippen LogP contribution in [0.3, 0.4) is 0 Å². The van der Waals surface area contributed by atoms with Crippen molar-refractivity contribution in [2.24, 2.45) is 0 Å². The molecule has 0 spiro atoms. The summed E-state index contributed by atoms with van der Waals surface area (Å²) < 4.78 is 11.4. The molecule has 0 atom stereocenters. The minimum atomic E-state index is -1.14. The highest BCUT2D eigenvalue weighted by Gasteiger charge is 2.08. The third kappa shape index (κ3) is 5.47. The summed E-state index contributed by atoms with van der Waals surface area (Å²) in [5.74, 6) is 0.198. The molecule has 0 radical (unpaired) electrons. The molecule has 1 N–H and O–H groups in total. The number of nitrogens with zero attached hydrogens (tertiary/aromatic N) is 1. The van der Waals surface area contributed by atoms with Crippen LogP contribution in [-0.2, 0) is 24.4 Å². The van der Waals surface area contributed by atoms with E-state index in [9.17, 15) is 9.90 Å². The minimum Gasteiger partial charge on any atom is -0.550 e. The van der Waals surface area contributed by atoms with Crippen molar-refractivity contribution >= 4 is 22.4 Å². The molecule has 0 unspecified atom stereocenters. The van der Waals surface area contributed by atoms with Crippen molar-refractivity contribution in [3.8, 4) is 11.5 Å². The number of benzene rings is 2. The number of carbonyl (C=O) groups is 1. The van der Waals surface area contributed by atoms with Gasteiger partial charge in [-0.25, -0.2) is 4.98 Å². The van der Waals surface area contributed by atoms with Crippen LogP contribution in [-0.4, -0.2) is 18.1 Å². The predicted octanol–water partition coefficient (Wildman–Crippen LogP) is 2.94. The Bertz CT molecular complexity index is 938. The number of methoxy groups -OCH3 is 1. The van der Waals surface area contributed by atoms with Gasteiger partial charge in [-0.1, -0.05) is 35.9 Å². The Hall–Kier alpha value is -3.06. The van der Waals surface area contributed by atoms with Crippen LogP contribution in [0.25, 0.3) is 0 Å². The van der Waals surface area contributed by atoms with Crippen molar-refractivity contribution in [3.05, 3.63) is 70.2 Å². The first-order valence-corrected chi connectivity index (χ1v) is 9.65. The quantitative estimate of drug-likeness (QED) is 0.598. The van der Waals surface area contributed by atoms with E-state index in [0.29, 0.717) is 35.5 Å². The lowest BCUT2D eigenvalue weighted by Gasteiger charge is -2.13. The van der Waals surface area contributed by atoms with Gasteiger partial charge in [0.25, 0.3) is 0 Å². The third-order valence-corrected chi connectivity index (χ3v) is 4.91. The van der Waals surface area contributed by atoms with Crippen LogP contribution in [0, 0.1) is 6.92 Å². The zero-order valence-corrected chi connectivity index (χ0v) is 16.5. The lowest BCUT2D eigenvalue weighted by atomic mass is 10.1. The normalized spacial score (nSPS) is 10.5. The monoisotopic (exact) mass is 397 g/mol. The predicted molar refractivity (Wildman–Crippen MR) is 107 cm³/mol. The van der Waals surface area contributed by atoms with E-state index in [0.717, 1.165) is 11.1 Å². The first kappa shape index (κ1) is 19.7. The number of carbonyl (C=O) groups excluding carboxylic acids is 1. The molecule has 146 valence electrons. The molecule has 0 saturated heterocycles. The maximum Gasteiger partial charge on any atom is 0.183 e. The van der Waals surface area contributed by atoms with Crippen LogP contribution in [0.4, 0.5) is 5.13 Å². The summed E-state index contributed by atoms with van der Waals surface area (Å²) in [5, 5.41) is 16.2. The smallest absolute Gasteiger partial charge is 0.183 e. The summed E-state index contributed by atoms with van der Waals surface area (Å²) in [5.41, 5.74) is 3.79. The number of rotatable bonds is 9. The van der Waals surface area contributed by atoms with E-state index in [-0.39, 0.29) is 6.42 Å². The van der Waals surface area contributed by atoms with E-state index >= 15 is 0 Å². The molecule has 3 rings (SSSR count). The van der Waals surface area contributed by atoms with E-state index in [2.05, 4.69) is 29.4 Å². The van der Waals surface area contributed by atoms with Crippen LogP contribution in [0.1, 0.15) is 22.4 Å². The number of aliphatic carboxylic acids is 1. The second-order valence-corrected chi connectivity index (χ2v) is 7.16. The number of hydrogen-bond donors (Lipinski definition) is 1. The average molecular weight is 397 g/mol. The molecule has 7 heteroatoms. The van der Waals surface area contributed by atoms with Gasteiger partial charge in [0.1, 0.15) is 6.61 Å². The first-order chi connectivity index (χ1) is 13.5. The van der Waals surface area contributed by atoms with E-state index in [4.69, 9.17) is 9.47 Å². The number of aryl methyl sites for hydroxylation is 1. The number of nitrogens with one attached hydrogen (secondary N) is 1. The Labute approximate surface area is 167 Å². The first-order valence-electron chi connectivity index (χ1n) is 8.77. The number of hydrogen-bond acceptors (Lipinski definition) is 7. The fourth-order valence-corrected chi connectivity index (χ4v) is 3.29. The number of carboxylic acids is 1. The zero-order valence-electron chi connectivity index (χ0n) is 15.7. The van der Waals surface area contributed by atoms with Crippen molar-refractivity contribution in [1.82, 2.24) is 4.98 Å². The molecule has 2 aromatic carbocycles. The highest BCUT2D eigenvalue weighted by atomic mass is 32.1. The maximum atomic E-state index is 10.6. The summed E-state index contributed by atoms with van der Waals surface area (Å²) in [7, 11) is 1.61. The van der Waals surface area contributed by atoms with Gasteiger partial charge in [-0.15, -0.1) is 11.3 Å². The van der Waals surface area contributed by atoms with Crippen molar-refractivity contribution in [2.75, 3.05) is 12.4 Å². The molecule has 0 bridgehead atoms. The number of aromatic nitrogens is 1. The molecule has 0 amide bonds. The van der Waals surface area contributed by atoms with Crippen molar-refractivity contribution in [2.45, 2.75) is 26.5 Å². The Morgan fingerprint density at radius 2 is 1.89 bits per heavy atom. The van der Waals surface area contributed by atoms with Gasteiger partial charge in [-0.3, -0.25) is 0 Å². The number of anilines is 1. The second-order valence-electron chi connectivity index (χ2n) is 6.31. The largest absolute Gasteiger partial charge is 0.550 e. The molecule has 6 nitrogen and oxygen atoms in total. The number of ether oxygens (including phenoxy) is 2. The average Bonchev–Trinajstić information content (AvgIpc) is 3.12. The number of carboxylic acid groups (broad SMARTS) is 1. The van der Waals surface area contributed by atoms with Crippen molar-refractivity contribution < 1.29 is 19.4 Å². The van der Waals surface area contributed by atoms with E-state index in [1.165, 1.54) is 16.9 Å². The zero-order chi connectivity index (χ0) is 19.9. The SMILES string of the molecule is COc1cc(CNc2nc(CC(=O)[O-])cs2)ccc1OCc1ccc(C)cc1. The molecular formula is C21H21N2O4S-. The van der Waals surface area contributed by atoms with Gasteiger partial charge >= 0.3 is 0 Å². The highest BCUT2D eigenvalue weighted by molar-refractivity contribution is 7.13. The van der Waals surface area contributed by atoms with Gasteiger partial charge in [-0.05, 0) is 30.2 Å². The van der Waals surface area contributed by atoms with Crippen molar-refractivity contribution in [3.63, 3.8) is 0 Å². The van der Waals surface area contributed by atoms with Gasteiger partial charge < -0.3 is 24.7 Å². The molecular weight excluding hydrogens is 376 g/mol. The van der Waals surface area contributed by atoms with Crippen LogP contribution in [0.5, 0.6) is 11.5 Å². The summed E-state index contributed by atoms with van der Waals surface area (Å²) >= 11 is 1.36. The molecule has 0 aliphatic carbocycles. The van der Waals surface area contributed by atoms with Gasteiger partial charge in [0, 0.05) is 24.3 Å². The van der Waals surface area contributed by atoms with Gasteiger partial charge in [0.2, 0.25) is 0 Å². The Morgan fingerprint density at radius 3 is 2.61 bits per heavy atom. The molecule has 1 aromatic heterocycles. The topological polar surface area (TPSA) is 83.5 Å². The van der Waals surface area contributed by atoms with Crippen LogP contribution >= 0.6 is 11.3 Å². The minimum absolute atomic E-state index is 0.182. The summed E-state index contributed by atoms with van der Waals surface area (Å²) in [6.45, 7) is 3.05. The molecule has 3 aromatic rings. The number of thiazole rings is 1. The van der Waals surface area contributed by atoms with E-state index in [1.54, 1.807) is 12.5 Å². The second kappa shape index (κ2) is 9.23. The fourth-order valence-electron chi connectivity index (χ4n) is 2.58. The Morgan fingerprint density at radius 1 is 1.14 bits per heavy atom. The van der Waals surface area contributed by atoms with Crippen molar-refractivity contribution in [1.29, 1.82) is 0 Å². The van der Waals surface area contributed by atoms with Crippen LogP contribution in [0.15, 0.2) is 47.8 Å². The lowest BCUT2D eigenvalue weighted by molar-refractivity contribution is -0.304. The fraction of sp³-hybridized carbons (Fsp3) is 0.238. The molecule has 0 saturated carbocycles.